The molecule has 3 nitrogen and oxygen atoms in total. The number of para-hydroxylation sites is 1. The molecule has 0 N–H and O–H groups in total. The zero-order valence-electron chi connectivity index (χ0n) is 10.5. The second-order valence-corrected chi connectivity index (χ2v) is 4.42. The molecule has 92 valence electrons. The molecule has 0 aromatic heterocycles. The highest BCUT2D eigenvalue weighted by atomic mass is 16.5. The summed E-state index contributed by atoms with van der Waals surface area (Å²) in [6.45, 7) is 3.61. The molecule has 0 radical (unpaired) electrons. The van der Waals surface area contributed by atoms with Crippen molar-refractivity contribution in [2.45, 2.75) is 25.7 Å². The number of hydrogen-bond donors (Lipinski definition) is 0. The first-order chi connectivity index (χ1) is 8.26. The van der Waals surface area contributed by atoms with Gasteiger partial charge in [-0.1, -0.05) is 25.1 Å². The normalized spacial score (nSPS) is 19.4. The van der Waals surface area contributed by atoms with E-state index in [9.17, 15) is 4.79 Å². The van der Waals surface area contributed by atoms with Crippen molar-refractivity contribution in [2.75, 3.05) is 20.2 Å². The number of amides is 1. The van der Waals surface area contributed by atoms with Crippen LogP contribution in [0, 0.1) is 0 Å². The molecule has 0 aliphatic carbocycles. The van der Waals surface area contributed by atoms with Gasteiger partial charge in [-0.25, -0.2) is 0 Å². The number of methoxy groups -OCH3 is 1. The molecule has 0 saturated carbocycles. The first-order valence-corrected chi connectivity index (χ1v) is 6.17. The van der Waals surface area contributed by atoms with Crippen LogP contribution >= 0.6 is 0 Å². The van der Waals surface area contributed by atoms with Crippen LogP contribution in [-0.2, 0) is 4.79 Å². The van der Waals surface area contributed by atoms with Gasteiger partial charge in [0.1, 0.15) is 5.75 Å². The van der Waals surface area contributed by atoms with E-state index in [-0.39, 0.29) is 5.91 Å². The molecule has 1 amide bonds. The number of nitrogens with zero attached hydrogens (tertiary/aromatic N) is 1. The second kappa shape index (κ2) is 5.21. The van der Waals surface area contributed by atoms with Gasteiger partial charge in [0.2, 0.25) is 5.91 Å². The molecule has 1 aliphatic heterocycles. The van der Waals surface area contributed by atoms with Crippen molar-refractivity contribution in [1.82, 2.24) is 4.90 Å². The van der Waals surface area contributed by atoms with Gasteiger partial charge in [-0.3, -0.25) is 4.79 Å². The summed E-state index contributed by atoms with van der Waals surface area (Å²) < 4.78 is 5.38. The van der Waals surface area contributed by atoms with Gasteiger partial charge in [-0.05, 0) is 18.1 Å². The summed E-state index contributed by atoms with van der Waals surface area (Å²) in [4.78, 5) is 13.6. The molecule has 1 saturated heterocycles. The lowest BCUT2D eigenvalue weighted by Gasteiger charge is -2.17. The number of likely N-dealkylation sites (tertiary alicyclic amines) is 1. The van der Waals surface area contributed by atoms with Crippen molar-refractivity contribution in [3.8, 4) is 5.75 Å². The van der Waals surface area contributed by atoms with E-state index < -0.39 is 0 Å². The maximum absolute atomic E-state index is 11.6. The van der Waals surface area contributed by atoms with Gasteiger partial charge in [0.05, 0.1) is 7.11 Å². The summed E-state index contributed by atoms with van der Waals surface area (Å²) >= 11 is 0. The Morgan fingerprint density at radius 1 is 1.47 bits per heavy atom. The van der Waals surface area contributed by atoms with Crippen molar-refractivity contribution in [3.05, 3.63) is 29.8 Å². The fourth-order valence-corrected chi connectivity index (χ4v) is 2.47. The molecule has 0 bridgehead atoms. The Morgan fingerprint density at radius 2 is 2.24 bits per heavy atom. The molecule has 1 fully saturated rings. The molecular weight excluding hydrogens is 214 g/mol. The Morgan fingerprint density at radius 3 is 2.94 bits per heavy atom. The SMILES string of the molecule is CCC(=O)N1CCC(c2ccccc2OC)C1. The molecule has 17 heavy (non-hydrogen) atoms. The third-order valence-corrected chi connectivity index (χ3v) is 3.42. The Kier molecular flexibility index (Phi) is 3.67. The van der Waals surface area contributed by atoms with Gasteiger partial charge in [0.25, 0.3) is 0 Å². The Labute approximate surface area is 102 Å². The van der Waals surface area contributed by atoms with Gasteiger partial charge in [-0.2, -0.15) is 0 Å². The maximum Gasteiger partial charge on any atom is 0.222 e. The lowest BCUT2D eigenvalue weighted by atomic mass is 9.97. The van der Waals surface area contributed by atoms with Gasteiger partial charge in [-0.15, -0.1) is 0 Å². The molecule has 2 rings (SSSR count). The lowest BCUT2D eigenvalue weighted by Crippen LogP contribution is -2.27. The van der Waals surface area contributed by atoms with Crippen molar-refractivity contribution in [3.63, 3.8) is 0 Å². The van der Waals surface area contributed by atoms with E-state index in [4.69, 9.17) is 4.74 Å². The third kappa shape index (κ3) is 2.43. The summed E-state index contributed by atoms with van der Waals surface area (Å²) in [5.74, 6) is 1.60. The first-order valence-electron chi connectivity index (χ1n) is 6.17. The summed E-state index contributed by atoms with van der Waals surface area (Å²) in [6.07, 6.45) is 1.63. The van der Waals surface area contributed by atoms with Crippen LogP contribution in [-0.4, -0.2) is 31.0 Å². The van der Waals surface area contributed by atoms with Crippen LogP contribution in [0.2, 0.25) is 0 Å². The molecule has 1 aromatic rings. The molecule has 3 heteroatoms. The highest BCUT2D eigenvalue weighted by molar-refractivity contribution is 5.76. The fourth-order valence-electron chi connectivity index (χ4n) is 2.47. The Bertz CT molecular complexity index is 403. The summed E-state index contributed by atoms with van der Waals surface area (Å²) in [5, 5.41) is 0. The highest BCUT2D eigenvalue weighted by Crippen LogP contribution is 2.33. The molecular formula is C14H19NO2. The van der Waals surface area contributed by atoms with Crippen molar-refractivity contribution >= 4 is 5.91 Å². The van der Waals surface area contributed by atoms with Gasteiger partial charge in [0.15, 0.2) is 0 Å². The van der Waals surface area contributed by atoms with E-state index in [0.29, 0.717) is 12.3 Å². The van der Waals surface area contributed by atoms with Crippen LogP contribution in [0.3, 0.4) is 0 Å². The van der Waals surface area contributed by atoms with E-state index in [0.717, 1.165) is 25.3 Å². The van der Waals surface area contributed by atoms with Gasteiger partial charge < -0.3 is 9.64 Å². The summed E-state index contributed by atoms with van der Waals surface area (Å²) in [7, 11) is 1.70. The average Bonchev–Trinajstić information content (AvgIpc) is 2.87. The zero-order chi connectivity index (χ0) is 12.3. The second-order valence-electron chi connectivity index (χ2n) is 4.42. The van der Waals surface area contributed by atoms with E-state index >= 15 is 0 Å². The highest BCUT2D eigenvalue weighted by Gasteiger charge is 2.27. The third-order valence-electron chi connectivity index (χ3n) is 3.42. The first kappa shape index (κ1) is 12.0. The molecule has 1 unspecified atom stereocenters. The Balaban J connectivity index is 2.12. The van der Waals surface area contributed by atoms with Crippen molar-refractivity contribution < 1.29 is 9.53 Å². The molecule has 0 spiro atoms. The van der Waals surface area contributed by atoms with Crippen LogP contribution in [0.15, 0.2) is 24.3 Å². The van der Waals surface area contributed by atoms with Crippen LogP contribution in [0.5, 0.6) is 5.75 Å². The Hall–Kier alpha value is -1.51. The standard InChI is InChI=1S/C14H19NO2/c1-3-14(16)15-9-8-11(10-15)12-6-4-5-7-13(12)17-2/h4-7,11H,3,8-10H2,1-2H3. The fraction of sp³-hybridized carbons (Fsp3) is 0.500. The van der Waals surface area contributed by atoms with Crippen LogP contribution in [0.1, 0.15) is 31.2 Å². The van der Waals surface area contributed by atoms with Crippen molar-refractivity contribution in [2.24, 2.45) is 0 Å². The minimum absolute atomic E-state index is 0.252. The minimum atomic E-state index is 0.252. The predicted octanol–water partition coefficient (Wildman–Crippen LogP) is 2.42. The molecule has 1 aromatic carbocycles. The average molecular weight is 233 g/mol. The summed E-state index contributed by atoms with van der Waals surface area (Å²) in [6, 6.07) is 8.09. The van der Waals surface area contributed by atoms with E-state index in [1.54, 1.807) is 7.11 Å². The number of ether oxygens (including phenoxy) is 1. The van der Waals surface area contributed by atoms with Gasteiger partial charge >= 0.3 is 0 Å². The van der Waals surface area contributed by atoms with E-state index in [1.807, 2.05) is 30.0 Å². The van der Waals surface area contributed by atoms with E-state index in [2.05, 4.69) is 6.07 Å². The minimum Gasteiger partial charge on any atom is -0.496 e. The number of carbonyl (C=O) groups is 1. The predicted molar refractivity (Wildman–Crippen MR) is 67.2 cm³/mol. The van der Waals surface area contributed by atoms with Crippen molar-refractivity contribution in [1.29, 1.82) is 0 Å². The largest absolute Gasteiger partial charge is 0.496 e. The molecule has 1 aliphatic rings. The van der Waals surface area contributed by atoms with Gasteiger partial charge in [0, 0.05) is 25.4 Å². The molecule has 1 heterocycles. The van der Waals surface area contributed by atoms with Crippen LogP contribution < -0.4 is 4.74 Å². The number of carbonyl (C=O) groups excluding carboxylic acids is 1. The zero-order valence-corrected chi connectivity index (χ0v) is 10.5. The quantitative estimate of drug-likeness (QED) is 0.802. The topological polar surface area (TPSA) is 29.5 Å². The van der Waals surface area contributed by atoms with Crippen LogP contribution in [0.25, 0.3) is 0 Å². The number of hydrogen-bond acceptors (Lipinski definition) is 2. The summed E-state index contributed by atoms with van der Waals surface area (Å²) in [5.41, 5.74) is 1.22. The van der Waals surface area contributed by atoms with Crippen LogP contribution in [0.4, 0.5) is 0 Å². The number of rotatable bonds is 3. The number of benzene rings is 1. The maximum atomic E-state index is 11.6. The monoisotopic (exact) mass is 233 g/mol. The smallest absolute Gasteiger partial charge is 0.222 e. The lowest BCUT2D eigenvalue weighted by molar-refractivity contribution is -0.129. The van der Waals surface area contributed by atoms with E-state index in [1.165, 1.54) is 5.56 Å². The molecule has 1 atom stereocenters.